The highest BCUT2D eigenvalue weighted by Crippen LogP contribution is 1.92. The van der Waals surface area contributed by atoms with Crippen molar-refractivity contribution in [2.45, 2.75) is 13.5 Å². The van der Waals surface area contributed by atoms with Gasteiger partial charge in [-0.2, -0.15) is 5.10 Å². The summed E-state index contributed by atoms with van der Waals surface area (Å²) in [5, 5.41) is 4.05. The van der Waals surface area contributed by atoms with Crippen molar-refractivity contribution in [2.75, 3.05) is 0 Å². The summed E-state index contributed by atoms with van der Waals surface area (Å²) in [5.74, 6) is -0.0475. The standard InChI is InChI=1S/C6H8IN3O/c1-5-2-3-10(9-5)4-6(11)8-7/h2-3H,4H2,1H3,(H,8,11). The second kappa shape index (κ2) is 3.70. The molecule has 60 valence electrons. The van der Waals surface area contributed by atoms with Crippen LogP contribution in [0, 0.1) is 6.92 Å². The van der Waals surface area contributed by atoms with Crippen LogP contribution in [0.15, 0.2) is 12.3 Å². The van der Waals surface area contributed by atoms with E-state index in [1.54, 1.807) is 33.7 Å². The molecule has 11 heavy (non-hydrogen) atoms. The van der Waals surface area contributed by atoms with E-state index >= 15 is 0 Å². The average molecular weight is 265 g/mol. The van der Waals surface area contributed by atoms with Crippen LogP contribution in [0.4, 0.5) is 0 Å². The Hall–Kier alpha value is -0.590. The number of halogens is 1. The van der Waals surface area contributed by atoms with Crippen molar-refractivity contribution in [3.63, 3.8) is 0 Å². The first kappa shape index (κ1) is 8.51. The molecule has 1 aromatic heterocycles. The molecule has 0 aliphatic heterocycles. The first-order chi connectivity index (χ1) is 5.22. The van der Waals surface area contributed by atoms with E-state index in [1.165, 1.54) is 0 Å². The van der Waals surface area contributed by atoms with Crippen LogP contribution in [0.2, 0.25) is 0 Å². The van der Waals surface area contributed by atoms with Crippen molar-refractivity contribution in [2.24, 2.45) is 0 Å². The lowest BCUT2D eigenvalue weighted by Crippen LogP contribution is -2.19. The van der Waals surface area contributed by atoms with Gasteiger partial charge >= 0.3 is 0 Å². The second-order valence-electron chi connectivity index (χ2n) is 2.17. The zero-order chi connectivity index (χ0) is 8.27. The Balaban J connectivity index is 2.57. The molecule has 0 radical (unpaired) electrons. The summed E-state index contributed by atoms with van der Waals surface area (Å²) in [5.41, 5.74) is 0.922. The summed E-state index contributed by atoms with van der Waals surface area (Å²) < 4.78 is 4.09. The van der Waals surface area contributed by atoms with E-state index in [1.807, 2.05) is 13.0 Å². The number of carbonyl (C=O) groups excluding carboxylic acids is 1. The van der Waals surface area contributed by atoms with Crippen LogP contribution in [0.25, 0.3) is 0 Å². The normalized spacial score (nSPS) is 9.64. The summed E-state index contributed by atoms with van der Waals surface area (Å²) in [6, 6.07) is 1.86. The fourth-order valence-electron chi connectivity index (χ4n) is 0.728. The van der Waals surface area contributed by atoms with Gasteiger partial charge in [0.05, 0.1) is 28.6 Å². The molecule has 1 heterocycles. The zero-order valence-corrected chi connectivity index (χ0v) is 8.20. The number of amides is 1. The number of hydrogen-bond donors (Lipinski definition) is 1. The molecule has 0 fully saturated rings. The highest BCUT2D eigenvalue weighted by molar-refractivity contribution is 14.1. The first-order valence-electron chi connectivity index (χ1n) is 3.12. The molecule has 0 aliphatic rings. The molecule has 0 aromatic carbocycles. The minimum absolute atomic E-state index is 0.0475. The Kier molecular flexibility index (Phi) is 2.86. The Morgan fingerprint density at radius 1 is 1.91 bits per heavy atom. The number of carbonyl (C=O) groups is 1. The summed E-state index contributed by atoms with van der Waals surface area (Å²) in [4.78, 5) is 10.8. The molecule has 0 unspecified atom stereocenters. The number of nitrogens with zero attached hydrogens (tertiary/aromatic N) is 2. The second-order valence-corrected chi connectivity index (χ2v) is 2.71. The third-order valence-corrected chi connectivity index (χ3v) is 1.79. The molecule has 0 atom stereocenters. The quantitative estimate of drug-likeness (QED) is 0.630. The topological polar surface area (TPSA) is 46.9 Å². The molecule has 0 aliphatic carbocycles. The summed E-state index contributed by atoms with van der Waals surface area (Å²) >= 11 is 1.81. The molecule has 0 bridgehead atoms. The van der Waals surface area contributed by atoms with Crippen LogP contribution in [-0.4, -0.2) is 15.7 Å². The van der Waals surface area contributed by atoms with Crippen molar-refractivity contribution >= 4 is 28.8 Å². The van der Waals surface area contributed by atoms with Crippen LogP contribution in [0.1, 0.15) is 5.69 Å². The Bertz CT molecular complexity index is 258. The third kappa shape index (κ3) is 2.49. The molecular weight excluding hydrogens is 257 g/mol. The van der Waals surface area contributed by atoms with Crippen molar-refractivity contribution < 1.29 is 4.79 Å². The Morgan fingerprint density at radius 3 is 3.09 bits per heavy atom. The molecule has 0 spiro atoms. The molecule has 1 amide bonds. The van der Waals surface area contributed by atoms with Gasteiger partial charge in [-0.1, -0.05) is 0 Å². The smallest absolute Gasteiger partial charge is 0.250 e. The largest absolute Gasteiger partial charge is 0.297 e. The highest BCUT2D eigenvalue weighted by Gasteiger charge is 1.99. The fourth-order valence-corrected chi connectivity index (χ4v) is 0.899. The maximum absolute atomic E-state index is 10.8. The molecule has 5 heteroatoms. The Labute approximate surface area is 78.5 Å². The van der Waals surface area contributed by atoms with Gasteiger partial charge in [0.25, 0.3) is 0 Å². The highest BCUT2D eigenvalue weighted by atomic mass is 127. The van der Waals surface area contributed by atoms with Gasteiger partial charge in [0, 0.05) is 6.20 Å². The van der Waals surface area contributed by atoms with Gasteiger partial charge in [0.2, 0.25) is 5.91 Å². The van der Waals surface area contributed by atoms with Crippen LogP contribution < -0.4 is 3.53 Å². The third-order valence-electron chi connectivity index (χ3n) is 1.18. The van der Waals surface area contributed by atoms with E-state index in [9.17, 15) is 4.79 Å². The number of aryl methyl sites for hydroxylation is 1. The van der Waals surface area contributed by atoms with E-state index in [0.29, 0.717) is 0 Å². The van der Waals surface area contributed by atoms with Gasteiger partial charge in [0.1, 0.15) is 6.54 Å². The SMILES string of the molecule is Cc1ccn(CC(=O)NI)n1. The predicted octanol–water partition coefficient (Wildman–Crippen LogP) is 0.658. The van der Waals surface area contributed by atoms with E-state index in [2.05, 4.69) is 8.63 Å². The Morgan fingerprint density at radius 2 is 2.64 bits per heavy atom. The van der Waals surface area contributed by atoms with E-state index < -0.39 is 0 Å². The van der Waals surface area contributed by atoms with Gasteiger partial charge in [-0.3, -0.25) is 13.0 Å². The molecule has 4 nitrogen and oxygen atoms in total. The number of rotatable bonds is 2. The minimum Gasteiger partial charge on any atom is -0.297 e. The lowest BCUT2D eigenvalue weighted by molar-refractivity contribution is -0.119. The lowest BCUT2D eigenvalue weighted by Gasteiger charge is -1.96. The zero-order valence-electron chi connectivity index (χ0n) is 6.04. The fraction of sp³-hybridized carbons (Fsp3) is 0.333. The number of aromatic nitrogens is 2. The van der Waals surface area contributed by atoms with Crippen molar-refractivity contribution in [1.82, 2.24) is 13.3 Å². The van der Waals surface area contributed by atoms with Gasteiger partial charge in [-0.15, -0.1) is 0 Å². The molecule has 1 rings (SSSR count). The average Bonchev–Trinajstić information content (AvgIpc) is 2.35. The van der Waals surface area contributed by atoms with Gasteiger partial charge in [-0.25, -0.2) is 0 Å². The first-order valence-corrected chi connectivity index (χ1v) is 4.20. The summed E-state index contributed by atoms with van der Waals surface area (Å²) in [6.07, 6.45) is 1.78. The number of nitrogens with one attached hydrogen (secondary N) is 1. The van der Waals surface area contributed by atoms with Crippen LogP contribution in [-0.2, 0) is 11.3 Å². The molecule has 1 N–H and O–H groups in total. The van der Waals surface area contributed by atoms with Gasteiger partial charge in [0.15, 0.2) is 0 Å². The monoisotopic (exact) mass is 265 g/mol. The van der Waals surface area contributed by atoms with Gasteiger partial charge in [-0.05, 0) is 13.0 Å². The van der Waals surface area contributed by atoms with E-state index in [4.69, 9.17) is 0 Å². The molecule has 1 aromatic rings. The maximum Gasteiger partial charge on any atom is 0.250 e. The summed E-state index contributed by atoms with van der Waals surface area (Å²) in [6.45, 7) is 2.18. The van der Waals surface area contributed by atoms with Crippen LogP contribution in [0.5, 0.6) is 0 Å². The van der Waals surface area contributed by atoms with Gasteiger partial charge < -0.3 is 0 Å². The van der Waals surface area contributed by atoms with Crippen molar-refractivity contribution in [1.29, 1.82) is 0 Å². The van der Waals surface area contributed by atoms with Crippen LogP contribution >= 0.6 is 22.9 Å². The number of hydrogen-bond acceptors (Lipinski definition) is 2. The van der Waals surface area contributed by atoms with Crippen molar-refractivity contribution in [3.05, 3.63) is 18.0 Å². The predicted molar refractivity (Wildman–Crippen MR) is 49.1 cm³/mol. The molecule has 0 saturated carbocycles. The summed E-state index contributed by atoms with van der Waals surface area (Å²) in [7, 11) is 0. The molecular formula is C6H8IN3O. The van der Waals surface area contributed by atoms with E-state index in [0.717, 1.165) is 5.69 Å². The van der Waals surface area contributed by atoms with Crippen molar-refractivity contribution in [3.8, 4) is 0 Å². The molecule has 0 saturated heterocycles. The van der Waals surface area contributed by atoms with Crippen LogP contribution in [0.3, 0.4) is 0 Å². The minimum atomic E-state index is -0.0475. The maximum atomic E-state index is 10.8. The van der Waals surface area contributed by atoms with E-state index in [-0.39, 0.29) is 12.5 Å². The lowest BCUT2D eigenvalue weighted by atomic mass is 10.5.